The number of thiocarbonyl (C=S) groups is 1. The van der Waals surface area contributed by atoms with Gasteiger partial charge in [-0.2, -0.15) is 11.5 Å². The Morgan fingerprint density at radius 1 is 1.15 bits per heavy atom. The van der Waals surface area contributed by atoms with Gasteiger partial charge in [-0.3, -0.25) is 0 Å². The number of nitrogens with zero attached hydrogens (tertiary/aromatic N) is 1. The first-order valence-corrected chi connectivity index (χ1v) is 5.73. The van der Waals surface area contributed by atoms with Gasteiger partial charge in [0.1, 0.15) is 0 Å². The van der Waals surface area contributed by atoms with Crippen molar-refractivity contribution in [2.45, 2.75) is 13.8 Å². The smallest absolute Gasteiger partial charge is 0.794 e. The first-order chi connectivity index (χ1) is 5.63. The van der Waals surface area contributed by atoms with E-state index in [1.165, 1.54) is 0 Å². The third kappa shape index (κ3) is 16.3. The monoisotopic (exact) mass is 361 g/mol. The normalized spacial score (nSPS) is 7.69. The molecule has 2 radical (unpaired) electrons. The predicted octanol–water partition coefficient (Wildman–Crippen LogP) is 0.859. The van der Waals surface area contributed by atoms with Crippen molar-refractivity contribution in [3.05, 3.63) is 0 Å². The van der Waals surface area contributed by atoms with Crippen molar-refractivity contribution < 1.29 is 0 Å². The van der Waals surface area contributed by atoms with Gasteiger partial charge in [0.25, 0.3) is 0 Å². The summed E-state index contributed by atoms with van der Waals surface area (Å²) in [7, 11) is 0. The molecule has 0 aromatic carbocycles. The molecule has 0 saturated heterocycles. The molecule has 76 valence electrons. The summed E-state index contributed by atoms with van der Waals surface area (Å²) in [5.41, 5.74) is 0. The molecule has 0 spiro atoms. The van der Waals surface area contributed by atoms with Gasteiger partial charge in [-0.05, 0) is 13.8 Å². The first kappa shape index (κ1) is 20.1. The fourth-order valence-electron chi connectivity index (χ4n) is 0.482. The molecule has 13 heavy (non-hydrogen) atoms. The van der Waals surface area contributed by atoms with E-state index in [-0.39, 0.29) is 24.4 Å². The van der Waals surface area contributed by atoms with Crippen LogP contribution in [0, 0.1) is 0 Å². The molecule has 0 atom stereocenters. The first-order valence-electron chi connectivity index (χ1n) is 3.76. The Morgan fingerprint density at radius 2 is 1.46 bits per heavy atom. The van der Waals surface area contributed by atoms with Crippen LogP contribution in [0.25, 0.3) is 0 Å². The number of hydrogen-bond donors (Lipinski definition) is 0. The molecule has 0 unspecified atom stereocenters. The quantitative estimate of drug-likeness (QED) is 0.415. The maximum atomic E-state index is 4.76. The SMILES string of the molecule is CCN(CC)C(=S)[S-].[S-]CC[S-].[Sb+3]. The van der Waals surface area contributed by atoms with Crippen LogP contribution < -0.4 is 0 Å². The largest absolute Gasteiger partial charge is 3.00 e. The molecule has 0 aliphatic rings. The Hall–Kier alpha value is 1.63. The van der Waals surface area contributed by atoms with Crippen molar-refractivity contribution in [2.75, 3.05) is 24.6 Å². The summed E-state index contributed by atoms with van der Waals surface area (Å²) in [5.74, 6) is 1.44. The summed E-state index contributed by atoms with van der Waals surface area (Å²) < 4.78 is 0.579. The van der Waals surface area contributed by atoms with Gasteiger partial charge in [-0.25, -0.2) is 0 Å². The molecule has 0 amide bonds. The summed E-state index contributed by atoms with van der Waals surface area (Å²) in [6, 6.07) is 0. The van der Waals surface area contributed by atoms with E-state index < -0.39 is 0 Å². The minimum atomic E-state index is 0. The van der Waals surface area contributed by atoms with Crippen molar-refractivity contribution in [1.29, 1.82) is 0 Å². The van der Waals surface area contributed by atoms with Crippen molar-refractivity contribution in [3.63, 3.8) is 0 Å². The zero-order valence-electron chi connectivity index (χ0n) is 7.86. The Kier molecular flexibility index (Phi) is 24.8. The number of hydrogen-bond acceptors (Lipinski definition) is 4. The van der Waals surface area contributed by atoms with Crippen LogP contribution in [0.2, 0.25) is 0 Å². The van der Waals surface area contributed by atoms with Crippen molar-refractivity contribution in [3.8, 4) is 0 Å². The molecular weight excluding hydrogens is 348 g/mol. The van der Waals surface area contributed by atoms with E-state index in [1.807, 2.05) is 18.7 Å². The number of rotatable bonds is 3. The molecule has 0 aliphatic carbocycles. The van der Waals surface area contributed by atoms with Crippen LogP contribution in [0.3, 0.4) is 0 Å². The van der Waals surface area contributed by atoms with Crippen molar-refractivity contribution in [1.82, 2.24) is 4.90 Å². The zero-order chi connectivity index (χ0) is 9.98. The molecule has 1 nitrogen and oxygen atoms in total. The second kappa shape index (κ2) is 16.1. The van der Waals surface area contributed by atoms with Gasteiger partial charge in [0.2, 0.25) is 0 Å². The maximum Gasteiger partial charge on any atom is 3.00 e. The van der Waals surface area contributed by atoms with Crippen molar-refractivity contribution >= 4 is 78.9 Å². The van der Waals surface area contributed by atoms with Crippen LogP contribution in [0.15, 0.2) is 0 Å². The minimum absolute atomic E-state index is 0. The minimum Gasteiger partial charge on any atom is -0.794 e. The Labute approximate surface area is 121 Å². The van der Waals surface area contributed by atoms with Crippen LogP contribution >= 0.6 is 12.2 Å². The molecule has 0 aliphatic heterocycles. The molecule has 0 bridgehead atoms. The maximum absolute atomic E-state index is 4.76. The fraction of sp³-hybridized carbons (Fsp3) is 0.857. The van der Waals surface area contributed by atoms with Crippen molar-refractivity contribution in [2.24, 2.45) is 0 Å². The second-order valence-corrected chi connectivity index (χ2v) is 3.69. The average molecular weight is 362 g/mol. The summed E-state index contributed by atoms with van der Waals surface area (Å²) >= 11 is 18.4. The average Bonchev–Trinajstić information content (AvgIpc) is 2.07. The summed E-state index contributed by atoms with van der Waals surface area (Å²) in [4.78, 5) is 1.96. The van der Waals surface area contributed by atoms with Crippen LogP contribution in [-0.2, 0) is 37.9 Å². The van der Waals surface area contributed by atoms with Crippen LogP contribution in [-0.4, -0.2) is 58.2 Å². The molecule has 6 heteroatoms. The van der Waals surface area contributed by atoms with E-state index in [9.17, 15) is 0 Å². The molecule has 0 N–H and O–H groups in total. The van der Waals surface area contributed by atoms with Gasteiger partial charge in [-0.15, -0.1) is 0 Å². The topological polar surface area (TPSA) is 3.24 Å². The van der Waals surface area contributed by atoms with Gasteiger partial charge < -0.3 is 55.0 Å². The Balaban J connectivity index is -0.000000173. The zero-order valence-corrected chi connectivity index (χ0v) is 13.7. The summed E-state index contributed by atoms with van der Waals surface area (Å²) in [5, 5.41) is 0. The second-order valence-electron chi connectivity index (χ2n) is 1.85. The Morgan fingerprint density at radius 3 is 1.46 bits per heavy atom. The van der Waals surface area contributed by atoms with E-state index in [0.29, 0.717) is 4.32 Å². The standard InChI is InChI=1S/C5H11NS2.C2H6S2.Sb/c1-3-6(4-2)5(7)8;3-1-2-4;/h3-4H2,1-2H3,(H,7,8);3-4H,1-2H2;/q;;+3/p-3. The van der Waals surface area contributed by atoms with Gasteiger partial charge in [0.05, 0.1) is 0 Å². The summed E-state index contributed by atoms with van der Waals surface area (Å²) in [6.07, 6.45) is 0. The van der Waals surface area contributed by atoms with E-state index in [4.69, 9.17) is 24.8 Å². The van der Waals surface area contributed by atoms with E-state index in [0.717, 1.165) is 24.6 Å². The van der Waals surface area contributed by atoms with Crippen LogP contribution in [0.4, 0.5) is 0 Å². The van der Waals surface area contributed by atoms with Gasteiger partial charge in [0.15, 0.2) is 0 Å². The summed E-state index contributed by atoms with van der Waals surface area (Å²) in [6.45, 7) is 5.95. The predicted molar refractivity (Wildman–Crippen MR) is 73.1 cm³/mol. The molecule has 0 rings (SSSR count). The van der Waals surface area contributed by atoms with Gasteiger partial charge in [0, 0.05) is 13.1 Å². The van der Waals surface area contributed by atoms with E-state index in [1.54, 1.807) is 0 Å². The van der Waals surface area contributed by atoms with E-state index in [2.05, 4.69) is 25.3 Å². The molecule has 0 fully saturated rings. The molecular formula is C7H14NS4Sb. The van der Waals surface area contributed by atoms with E-state index >= 15 is 0 Å². The van der Waals surface area contributed by atoms with Gasteiger partial charge in [-0.1, -0.05) is 4.32 Å². The Bertz CT molecular complexity index is 107. The third-order valence-corrected chi connectivity index (χ3v) is 2.29. The third-order valence-electron chi connectivity index (χ3n) is 1.10. The fourth-order valence-corrected chi connectivity index (χ4v) is 0.998. The van der Waals surface area contributed by atoms with Crippen LogP contribution in [0.5, 0.6) is 0 Å². The van der Waals surface area contributed by atoms with Crippen LogP contribution in [0.1, 0.15) is 13.8 Å². The van der Waals surface area contributed by atoms with Gasteiger partial charge >= 0.3 is 24.4 Å². The molecule has 0 heterocycles. The molecule has 0 saturated carbocycles. The molecule has 0 aromatic heterocycles. The molecule has 0 aromatic rings.